The number of aliphatic hydroxyl groups is 1. The van der Waals surface area contributed by atoms with E-state index in [0.29, 0.717) is 11.8 Å². The number of fused-ring (bicyclic) bond motifs is 4. The maximum atomic E-state index is 11.2. The Kier molecular flexibility index (Phi) is 6.39. The van der Waals surface area contributed by atoms with Crippen LogP contribution in [0.25, 0.3) is 10.9 Å². The highest BCUT2D eigenvalue weighted by Gasteiger charge is 2.42. The number of benzene rings is 1. The number of methoxy groups -OCH3 is 1. The van der Waals surface area contributed by atoms with Gasteiger partial charge in [-0.1, -0.05) is 13.5 Å². The van der Waals surface area contributed by atoms with E-state index >= 15 is 0 Å². The van der Waals surface area contributed by atoms with Gasteiger partial charge in [0.2, 0.25) is 0 Å². The van der Waals surface area contributed by atoms with Gasteiger partial charge < -0.3 is 15.3 Å². The summed E-state index contributed by atoms with van der Waals surface area (Å²) in [5, 5.41) is 12.1. The van der Waals surface area contributed by atoms with Crippen LogP contribution in [0.2, 0.25) is 0 Å². The summed E-state index contributed by atoms with van der Waals surface area (Å²) in [7, 11) is 1.66. The molecular formula is C21H30N2O3. The summed E-state index contributed by atoms with van der Waals surface area (Å²) in [4.78, 5) is 6.86. The van der Waals surface area contributed by atoms with Crippen LogP contribution in [0.1, 0.15) is 31.9 Å². The fourth-order valence-electron chi connectivity index (χ4n) is 4.44. The Morgan fingerprint density at radius 1 is 1.38 bits per heavy atom. The quantitative estimate of drug-likeness (QED) is 0.853. The van der Waals surface area contributed by atoms with E-state index in [2.05, 4.69) is 22.5 Å². The van der Waals surface area contributed by atoms with Crippen LogP contribution in [0, 0.1) is 11.8 Å². The van der Waals surface area contributed by atoms with E-state index in [1.165, 1.54) is 6.42 Å². The van der Waals surface area contributed by atoms with Gasteiger partial charge in [-0.05, 0) is 61.1 Å². The van der Waals surface area contributed by atoms with Gasteiger partial charge in [0.25, 0.3) is 0 Å². The second-order valence-electron chi connectivity index (χ2n) is 6.97. The number of pyridine rings is 1. The Bertz CT molecular complexity index is 764. The second kappa shape index (κ2) is 8.16. The standard InChI is InChI=1S/C20H24N2O2.CH4.H2O/c1-3-13-12-22-9-7-14(13)10-19(22)20(23)16-6-8-21-18-5-4-15(24-2)11-17(16)18;;/h3-6,8,11,13-14,19-20,23H,1,7,9-10,12H2,2H3;1H4;1H2/t13?,14?,19-,20?;;/m1../s1. The zero-order valence-corrected chi connectivity index (χ0v) is 14.6. The molecule has 142 valence electrons. The Balaban J connectivity index is 0.00000121. The molecule has 5 nitrogen and oxygen atoms in total. The Morgan fingerprint density at radius 3 is 2.85 bits per heavy atom. The van der Waals surface area contributed by atoms with Crippen LogP contribution in [-0.2, 0) is 0 Å². The molecule has 5 atom stereocenters. The Hall–Kier alpha value is -1.95. The van der Waals surface area contributed by atoms with Gasteiger partial charge >= 0.3 is 0 Å². The molecule has 5 heteroatoms. The minimum atomic E-state index is -0.504. The smallest absolute Gasteiger partial charge is 0.119 e. The topological polar surface area (TPSA) is 77.1 Å². The molecule has 3 fully saturated rings. The number of aliphatic hydroxyl groups excluding tert-OH is 1. The van der Waals surface area contributed by atoms with Crippen LogP contribution < -0.4 is 4.74 Å². The predicted molar refractivity (Wildman–Crippen MR) is 105 cm³/mol. The van der Waals surface area contributed by atoms with Gasteiger partial charge in [0.1, 0.15) is 5.75 Å². The van der Waals surface area contributed by atoms with Crippen molar-refractivity contribution in [2.45, 2.75) is 32.4 Å². The highest BCUT2D eigenvalue weighted by molar-refractivity contribution is 5.83. The molecule has 4 unspecified atom stereocenters. The molecular weight excluding hydrogens is 328 g/mol. The van der Waals surface area contributed by atoms with Crippen molar-refractivity contribution < 1.29 is 15.3 Å². The first kappa shape index (κ1) is 20.4. The minimum absolute atomic E-state index is 0. The van der Waals surface area contributed by atoms with Crippen LogP contribution in [0.5, 0.6) is 5.75 Å². The van der Waals surface area contributed by atoms with Crippen molar-refractivity contribution in [3.63, 3.8) is 0 Å². The van der Waals surface area contributed by atoms with Gasteiger partial charge in [-0.3, -0.25) is 9.88 Å². The summed E-state index contributed by atoms with van der Waals surface area (Å²) in [5.41, 5.74) is 1.85. The van der Waals surface area contributed by atoms with E-state index < -0.39 is 6.10 Å². The summed E-state index contributed by atoms with van der Waals surface area (Å²) in [6, 6.07) is 7.96. The van der Waals surface area contributed by atoms with Crippen LogP contribution >= 0.6 is 0 Å². The molecule has 2 aromatic rings. The third-order valence-corrected chi connectivity index (χ3v) is 5.82. The Morgan fingerprint density at radius 2 is 2.19 bits per heavy atom. The molecule has 0 aliphatic carbocycles. The molecule has 3 aliphatic heterocycles. The maximum absolute atomic E-state index is 11.2. The average Bonchev–Trinajstić information content (AvgIpc) is 2.66. The lowest BCUT2D eigenvalue weighted by atomic mass is 9.73. The van der Waals surface area contributed by atoms with E-state index in [1.54, 1.807) is 13.3 Å². The van der Waals surface area contributed by atoms with Crippen LogP contribution in [0.3, 0.4) is 0 Å². The van der Waals surface area contributed by atoms with Gasteiger partial charge in [-0.15, -0.1) is 6.58 Å². The first-order valence-electron chi connectivity index (χ1n) is 8.68. The fraction of sp³-hybridized carbons (Fsp3) is 0.476. The third kappa shape index (κ3) is 3.34. The fourth-order valence-corrected chi connectivity index (χ4v) is 4.44. The summed E-state index contributed by atoms with van der Waals surface area (Å²) in [6.07, 6.45) is 5.62. The van der Waals surface area contributed by atoms with Crippen LogP contribution in [0.4, 0.5) is 0 Å². The number of hydrogen-bond donors (Lipinski definition) is 1. The molecule has 0 saturated carbocycles. The molecule has 0 spiro atoms. The first-order chi connectivity index (χ1) is 11.7. The van der Waals surface area contributed by atoms with Crippen LogP contribution in [0.15, 0.2) is 43.1 Å². The molecule has 0 radical (unpaired) electrons. The lowest BCUT2D eigenvalue weighted by Gasteiger charge is -2.50. The van der Waals surface area contributed by atoms with Gasteiger partial charge in [0.15, 0.2) is 0 Å². The summed E-state index contributed by atoms with van der Waals surface area (Å²) < 4.78 is 5.35. The van der Waals surface area contributed by atoms with Gasteiger partial charge in [0, 0.05) is 24.2 Å². The van der Waals surface area contributed by atoms with E-state index in [1.807, 2.05) is 24.3 Å². The molecule has 1 aromatic heterocycles. The first-order valence-corrected chi connectivity index (χ1v) is 8.68. The van der Waals surface area contributed by atoms with Crippen molar-refractivity contribution in [3.05, 3.63) is 48.7 Å². The molecule has 3 aliphatic rings. The number of piperidine rings is 3. The van der Waals surface area contributed by atoms with E-state index in [-0.39, 0.29) is 18.9 Å². The van der Waals surface area contributed by atoms with Crippen molar-refractivity contribution >= 4 is 10.9 Å². The van der Waals surface area contributed by atoms with E-state index in [0.717, 1.165) is 41.7 Å². The molecule has 2 bridgehead atoms. The zero-order valence-electron chi connectivity index (χ0n) is 14.6. The summed E-state index contributed by atoms with van der Waals surface area (Å²) in [5.74, 6) is 2.01. The number of rotatable bonds is 4. The van der Waals surface area contributed by atoms with Crippen LogP contribution in [-0.4, -0.2) is 46.7 Å². The molecule has 4 heterocycles. The van der Waals surface area contributed by atoms with Gasteiger partial charge in [-0.2, -0.15) is 0 Å². The average molecular weight is 358 g/mol. The zero-order chi connectivity index (χ0) is 16.7. The third-order valence-electron chi connectivity index (χ3n) is 5.82. The SMILES string of the molecule is C.C=CC1CN2CCC1C[C@@H]2C(O)c1ccnc2ccc(OC)cc12.O. The largest absolute Gasteiger partial charge is 0.497 e. The summed E-state index contributed by atoms with van der Waals surface area (Å²) in [6.45, 7) is 6.07. The number of hydrogen-bond acceptors (Lipinski definition) is 4. The predicted octanol–water partition coefficient (Wildman–Crippen LogP) is 2.98. The molecule has 0 amide bonds. The maximum Gasteiger partial charge on any atom is 0.119 e. The summed E-state index contributed by atoms with van der Waals surface area (Å²) >= 11 is 0. The number of aromatic nitrogens is 1. The number of ether oxygens (including phenoxy) is 1. The van der Waals surface area contributed by atoms with Crippen molar-refractivity contribution in [1.82, 2.24) is 9.88 Å². The lowest BCUT2D eigenvalue weighted by Crippen LogP contribution is -2.54. The molecule has 5 rings (SSSR count). The lowest BCUT2D eigenvalue weighted by molar-refractivity contribution is -0.0444. The van der Waals surface area contributed by atoms with Gasteiger partial charge in [-0.25, -0.2) is 0 Å². The highest BCUT2D eigenvalue weighted by atomic mass is 16.5. The molecule has 1 aromatic carbocycles. The van der Waals surface area contributed by atoms with E-state index in [4.69, 9.17) is 4.74 Å². The highest BCUT2D eigenvalue weighted by Crippen LogP contribution is 2.42. The molecule has 3 N–H and O–H groups in total. The van der Waals surface area contributed by atoms with Gasteiger partial charge in [0.05, 0.1) is 18.7 Å². The Labute approximate surface area is 155 Å². The van der Waals surface area contributed by atoms with Crippen molar-refractivity contribution in [2.75, 3.05) is 20.2 Å². The van der Waals surface area contributed by atoms with Crippen molar-refractivity contribution in [3.8, 4) is 5.75 Å². The van der Waals surface area contributed by atoms with E-state index in [9.17, 15) is 5.11 Å². The molecule has 26 heavy (non-hydrogen) atoms. The molecule has 3 saturated heterocycles. The van der Waals surface area contributed by atoms with Crippen molar-refractivity contribution in [2.24, 2.45) is 11.8 Å². The monoisotopic (exact) mass is 358 g/mol. The van der Waals surface area contributed by atoms with Crippen molar-refractivity contribution in [1.29, 1.82) is 0 Å². The number of nitrogens with zero attached hydrogens (tertiary/aromatic N) is 2. The second-order valence-corrected chi connectivity index (χ2v) is 6.97. The minimum Gasteiger partial charge on any atom is -0.497 e. The normalized spacial score (nSPS) is 27.9.